The van der Waals surface area contributed by atoms with Crippen molar-refractivity contribution >= 4 is 11.3 Å². The first-order chi connectivity index (χ1) is 12.2. The second kappa shape index (κ2) is 6.94. The number of aromatic hydroxyl groups is 1. The number of nitrogens with zero attached hydrogens (tertiary/aromatic N) is 3. The van der Waals surface area contributed by atoms with Gasteiger partial charge >= 0.3 is 0 Å². The summed E-state index contributed by atoms with van der Waals surface area (Å²) in [6.45, 7) is 4.85. The summed E-state index contributed by atoms with van der Waals surface area (Å²) in [6.07, 6.45) is 2.10. The van der Waals surface area contributed by atoms with Crippen LogP contribution in [0.25, 0.3) is 11.3 Å². The third-order valence-corrected chi connectivity index (χ3v) is 5.33. The van der Waals surface area contributed by atoms with Gasteiger partial charge in [-0.05, 0) is 73.0 Å². The van der Waals surface area contributed by atoms with E-state index in [-0.39, 0.29) is 5.75 Å². The second-order valence-corrected chi connectivity index (χ2v) is 7.32. The highest BCUT2D eigenvalue weighted by Gasteiger charge is 2.21. The smallest absolute Gasteiger partial charge is 0.126 e. The SMILES string of the molecule is Cc1nc2c(c(-c3ccc(O)cc3)n1)CN(Cc1ccsc1)CCC2. The molecule has 0 spiro atoms. The molecule has 0 amide bonds. The van der Waals surface area contributed by atoms with Crippen LogP contribution in [0.2, 0.25) is 0 Å². The van der Waals surface area contributed by atoms with Crippen LogP contribution >= 0.6 is 11.3 Å². The Kier molecular flexibility index (Phi) is 4.51. The quantitative estimate of drug-likeness (QED) is 0.769. The molecular weight excluding hydrogens is 330 g/mol. The van der Waals surface area contributed by atoms with E-state index in [1.807, 2.05) is 19.1 Å². The zero-order valence-corrected chi connectivity index (χ0v) is 15.1. The van der Waals surface area contributed by atoms with Crippen molar-refractivity contribution in [1.29, 1.82) is 0 Å². The van der Waals surface area contributed by atoms with Crippen molar-refractivity contribution in [3.8, 4) is 17.0 Å². The molecule has 1 aromatic carbocycles. The van der Waals surface area contributed by atoms with Gasteiger partial charge in [0.1, 0.15) is 11.6 Å². The fraction of sp³-hybridized carbons (Fsp3) is 0.300. The molecule has 0 saturated heterocycles. The molecule has 25 heavy (non-hydrogen) atoms. The van der Waals surface area contributed by atoms with Gasteiger partial charge in [-0.15, -0.1) is 0 Å². The Hall–Kier alpha value is -2.24. The minimum atomic E-state index is 0.278. The topological polar surface area (TPSA) is 49.3 Å². The lowest BCUT2D eigenvalue weighted by Crippen LogP contribution is -2.23. The highest BCUT2D eigenvalue weighted by Crippen LogP contribution is 2.29. The standard InChI is InChI=1S/C20H21N3OS/c1-14-21-19-3-2-9-23(11-15-8-10-25-13-15)12-18(19)20(22-14)16-4-6-17(24)7-5-16/h4-8,10,13,24H,2-3,9,11-12H2,1H3. The number of fused-ring (bicyclic) bond motifs is 1. The van der Waals surface area contributed by atoms with Crippen LogP contribution < -0.4 is 0 Å². The third-order valence-electron chi connectivity index (χ3n) is 4.60. The summed E-state index contributed by atoms with van der Waals surface area (Å²) in [7, 11) is 0. The van der Waals surface area contributed by atoms with Gasteiger partial charge in [0.2, 0.25) is 0 Å². The van der Waals surface area contributed by atoms with Crippen molar-refractivity contribution in [1.82, 2.24) is 14.9 Å². The van der Waals surface area contributed by atoms with Gasteiger partial charge in [-0.2, -0.15) is 11.3 Å². The summed E-state index contributed by atoms with van der Waals surface area (Å²) in [5.74, 6) is 1.09. The number of phenols is 1. The number of rotatable bonds is 3. The molecule has 1 aliphatic rings. The predicted octanol–water partition coefficient (Wildman–Crippen LogP) is 4.17. The lowest BCUT2D eigenvalue weighted by Gasteiger charge is -2.21. The molecule has 0 fully saturated rings. The molecule has 0 saturated carbocycles. The van der Waals surface area contributed by atoms with Gasteiger partial charge in [0.25, 0.3) is 0 Å². The van der Waals surface area contributed by atoms with Crippen molar-refractivity contribution < 1.29 is 5.11 Å². The van der Waals surface area contributed by atoms with Crippen LogP contribution in [0.4, 0.5) is 0 Å². The second-order valence-electron chi connectivity index (χ2n) is 6.54. The number of phenolic OH excluding ortho intramolecular Hbond substituents is 1. The molecule has 1 N–H and O–H groups in total. The molecule has 4 rings (SSSR count). The van der Waals surface area contributed by atoms with Gasteiger partial charge in [0, 0.05) is 29.9 Å². The predicted molar refractivity (Wildman–Crippen MR) is 101 cm³/mol. The molecule has 0 atom stereocenters. The van der Waals surface area contributed by atoms with Crippen molar-refractivity contribution in [2.75, 3.05) is 6.54 Å². The van der Waals surface area contributed by atoms with Crippen molar-refractivity contribution in [3.63, 3.8) is 0 Å². The van der Waals surface area contributed by atoms with Crippen LogP contribution in [0.15, 0.2) is 41.1 Å². The summed E-state index contributed by atoms with van der Waals surface area (Å²) >= 11 is 1.75. The Morgan fingerprint density at radius 3 is 2.76 bits per heavy atom. The van der Waals surface area contributed by atoms with E-state index in [9.17, 15) is 5.11 Å². The molecule has 3 aromatic rings. The zero-order valence-electron chi connectivity index (χ0n) is 14.3. The van der Waals surface area contributed by atoms with Gasteiger partial charge in [-0.25, -0.2) is 9.97 Å². The summed E-state index contributed by atoms with van der Waals surface area (Å²) < 4.78 is 0. The van der Waals surface area contributed by atoms with Gasteiger partial charge in [0.15, 0.2) is 0 Å². The average molecular weight is 351 g/mol. The van der Waals surface area contributed by atoms with Crippen molar-refractivity contribution in [2.45, 2.75) is 32.9 Å². The molecular formula is C20H21N3OS. The molecule has 0 unspecified atom stereocenters. The largest absolute Gasteiger partial charge is 0.508 e. The summed E-state index contributed by atoms with van der Waals surface area (Å²) in [5, 5.41) is 13.9. The molecule has 2 aromatic heterocycles. The van der Waals surface area contributed by atoms with Gasteiger partial charge in [-0.1, -0.05) is 0 Å². The first kappa shape index (κ1) is 16.2. The van der Waals surface area contributed by atoms with Crippen LogP contribution in [0, 0.1) is 6.92 Å². The molecule has 5 heteroatoms. The lowest BCUT2D eigenvalue weighted by molar-refractivity contribution is 0.261. The van der Waals surface area contributed by atoms with Crippen LogP contribution in [0.3, 0.4) is 0 Å². The number of benzene rings is 1. The lowest BCUT2D eigenvalue weighted by atomic mass is 10.0. The fourth-order valence-corrected chi connectivity index (χ4v) is 4.09. The van der Waals surface area contributed by atoms with Crippen LogP contribution in [0.1, 0.15) is 29.1 Å². The Balaban J connectivity index is 1.72. The van der Waals surface area contributed by atoms with Gasteiger partial charge in [-0.3, -0.25) is 4.90 Å². The molecule has 1 aliphatic heterocycles. The van der Waals surface area contributed by atoms with E-state index in [4.69, 9.17) is 9.97 Å². The van der Waals surface area contributed by atoms with Crippen LogP contribution in [0.5, 0.6) is 5.75 Å². The number of aromatic nitrogens is 2. The normalized spacial score (nSPS) is 14.9. The maximum atomic E-state index is 9.59. The van der Waals surface area contributed by atoms with Crippen molar-refractivity contribution in [3.05, 3.63) is 63.7 Å². The summed E-state index contributed by atoms with van der Waals surface area (Å²) in [5.41, 5.74) is 5.80. The molecule has 4 nitrogen and oxygen atoms in total. The van der Waals surface area contributed by atoms with Crippen LogP contribution in [-0.2, 0) is 19.5 Å². The summed E-state index contributed by atoms with van der Waals surface area (Å²) in [4.78, 5) is 11.9. The summed E-state index contributed by atoms with van der Waals surface area (Å²) in [6, 6.07) is 9.51. The molecule has 0 bridgehead atoms. The van der Waals surface area contributed by atoms with Crippen molar-refractivity contribution in [2.24, 2.45) is 0 Å². The highest BCUT2D eigenvalue weighted by atomic mass is 32.1. The molecule has 3 heterocycles. The van der Waals surface area contributed by atoms with Gasteiger partial charge in [0.05, 0.1) is 5.69 Å². The van der Waals surface area contributed by atoms with E-state index in [0.29, 0.717) is 0 Å². The molecule has 0 aliphatic carbocycles. The van der Waals surface area contributed by atoms with E-state index < -0.39 is 0 Å². The maximum Gasteiger partial charge on any atom is 0.126 e. The number of hydrogen-bond donors (Lipinski definition) is 1. The zero-order chi connectivity index (χ0) is 17.2. The van der Waals surface area contributed by atoms with Gasteiger partial charge < -0.3 is 5.11 Å². The molecule has 128 valence electrons. The first-order valence-electron chi connectivity index (χ1n) is 8.58. The number of aryl methyl sites for hydroxylation is 2. The van der Waals surface area contributed by atoms with Crippen LogP contribution in [-0.4, -0.2) is 26.5 Å². The average Bonchev–Trinajstić information content (AvgIpc) is 3.02. The van der Waals surface area contributed by atoms with E-state index in [0.717, 1.165) is 49.6 Å². The van der Waals surface area contributed by atoms with E-state index in [1.165, 1.54) is 16.8 Å². The minimum absolute atomic E-state index is 0.278. The Labute approximate surface area is 151 Å². The highest BCUT2D eigenvalue weighted by molar-refractivity contribution is 7.07. The maximum absolute atomic E-state index is 9.59. The Morgan fingerprint density at radius 1 is 1.16 bits per heavy atom. The van der Waals surface area contributed by atoms with E-state index >= 15 is 0 Å². The molecule has 0 radical (unpaired) electrons. The third kappa shape index (κ3) is 3.57. The Bertz CT molecular complexity index is 859. The van der Waals surface area contributed by atoms with E-state index in [2.05, 4.69) is 21.7 Å². The number of hydrogen-bond acceptors (Lipinski definition) is 5. The first-order valence-corrected chi connectivity index (χ1v) is 9.52. The Morgan fingerprint density at radius 2 is 2.00 bits per heavy atom. The number of thiophene rings is 1. The minimum Gasteiger partial charge on any atom is -0.508 e. The van der Waals surface area contributed by atoms with E-state index in [1.54, 1.807) is 23.5 Å². The fourth-order valence-electron chi connectivity index (χ4n) is 3.43. The monoisotopic (exact) mass is 351 g/mol.